The maximum atomic E-state index is 13.1. The van der Waals surface area contributed by atoms with Crippen LogP contribution in [0.1, 0.15) is 5.56 Å². The number of nitrogen functional groups attached to an aromatic ring is 1. The summed E-state index contributed by atoms with van der Waals surface area (Å²) in [4.78, 5) is 8.06. The van der Waals surface area contributed by atoms with Crippen LogP contribution in [0.3, 0.4) is 0 Å². The molecule has 5 nitrogen and oxygen atoms in total. The van der Waals surface area contributed by atoms with E-state index in [-0.39, 0.29) is 5.82 Å². The predicted octanol–water partition coefficient (Wildman–Crippen LogP) is 1.85. The quantitative estimate of drug-likeness (QED) is 0.708. The van der Waals surface area contributed by atoms with Crippen molar-refractivity contribution in [2.45, 2.75) is 6.92 Å². The summed E-state index contributed by atoms with van der Waals surface area (Å²) in [6, 6.07) is 4.50. The number of benzene rings is 1. The lowest BCUT2D eigenvalue weighted by Crippen LogP contribution is -2.01. The van der Waals surface area contributed by atoms with Crippen LogP contribution in [0.5, 0.6) is 0 Å². The first kappa shape index (κ1) is 10.6. The normalized spacial score (nSPS) is 11.0. The number of hydrogen-bond acceptors (Lipinski definition) is 4. The number of halogens is 1. The number of fused-ring (bicyclic) bond motifs is 1. The lowest BCUT2D eigenvalue weighted by molar-refractivity contribution is 0.625. The molecular formula is C12H10FN5. The standard InChI is InChI=1S/C12H10FN5/c1-7-4-8(13)2-3-10(7)18-12-9(5-17-18)11(14)15-6-16-12/h2-6H,1H3,(H2,14,15,16). The van der Waals surface area contributed by atoms with Gasteiger partial charge in [-0.3, -0.25) is 0 Å². The Balaban J connectivity index is 2.29. The Labute approximate surface area is 102 Å². The van der Waals surface area contributed by atoms with Crippen LogP contribution >= 0.6 is 0 Å². The van der Waals surface area contributed by atoms with E-state index >= 15 is 0 Å². The number of aryl methyl sites for hydroxylation is 1. The predicted molar refractivity (Wildman–Crippen MR) is 65.8 cm³/mol. The van der Waals surface area contributed by atoms with Crippen LogP contribution in [0.4, 0.5) is 10.2 Å². The van der Waals surface area contributed by atoms with Gasteiger partial charge in [0, 0.05) is 0 Å². The van der Waals surface area contributed by atoms with Crippen molar-refractivity contribution in [3.8, 4) is 5.69 Å². The van der Waals surface area contributed by atoms with Gasteiger partial charge in [-0.25, -0.2) is 19.0 Å². The third kappa shape index (κ3) is 1.50. The highest BCUT2D eigenvalue weighted by molar-refractivity contribution is 5.85. The van der Waals surface area contributed by atoms with E-state index in [2.05, 4.69) is 15.1 Å². The Morgan fingerprint density at radius 2 is 2.11 bits per heavy atom. The Kier molecular flexibility index (Phi) is 2.22. The first-order valence-corrected chi connectivity index (χ1v) is 5.37. The van der Waals surface area contributed by atoms with Gasteiger partial charge < -0.3 is 5.73 Å². The molecule has 0 atom stereocenters. The van der Waals surface area contributed by atoms with Gasteiger partial charge in [0.1, 0.15) is 18.0 Å². The lowest BCUT2D eigenvalue weighted by Gasteiger charge is -2.06. The summed E-state index contributed by atoms with van der Waals surface area (Å²) >= 11 is 0. The molecule has 90 valence electrons. The molecule has 3 rings (SSSR count). The molecule has 0 spiro atoms. The van der Waals surface area contributed by atoms with Gasteiger partial charge >= 0.3 is 0 Å². The molecule has 0 aliphatic rings. The van der Waals surface area contributed by atoms with Gasteiger partial charge in [-0.05, 0) is 30.7 Å². The highest BCUT2D eigenvalue weighted by Gasteiger charge is 2.11. The molecule has 3 aromatic rings. The molecular weight excluding hydrogens is 233 g/mol. The summed E-state index contributed by atoms with van der Waals surface area (Å²) < 4.78 is 14.7. The van der Waals surface area contributed by atoms with Crippen LogP contribution < -0.4 is 5.73 Å². The lowest BCUT2D eigenvalue weighted by atomic mass is 10.2. The third-order valence-electron chi connectivity index (χ3n) is 2.78. The van der Waals surface area contributed by atoms with Crippen molar-refractivity contribution in [3.05, 3.63) is 42.1 Å². The molecule has 0 aliphatic carbocycles. The number of nitrogens with two attached hydrogens (primary N) is 1. The summed E-state index contributed by atoms with van der Waals surface area (Å²) in [6.07, 6.45) is 2.99. The second-order valence-electron chi connectivity index (χ2n) is 3.98. The topological polar surface area (TPSA) is 69.6 Å². The molecule has 0 saturated carbocycles. The fourth-order valence-electron chi connectivity index (χ4n) is 1.90. The SMILES string of the molecule is Cc1cc(F)ccc1-n1ncc2c(N)ncnc21. The van der Waals surface area contributed by atoms with E-state index < -0.39 is 0 Å². The summed E-state index contributed by atoms with van der Waals surface area (Å²) in [7, 11) is 0. The van der Waals surface area contributed by atoms with Crippen LogP contribution in [0.15, 0.2) is 30.7 Å². The van der Waals surface area contributed by atoms with E-state index in [1.54, 1.807) is 16.9 Å². The first-order valence-electron chi connectivity index (χ1n) is 5.37. The Hall–Kier alpha value is -2.50. The van der Waals surface area contributed by atoms with E-state index in [0.29, 0.717) is 16.9 Å². The molecule has 0 amide bonds. The summed E-state index contributed by atoms with van der Waals surface area (Å²) in [5.41, 5.74) is 7.90. The van der Waals surface area contributed by atoms with Crippen molar-refractivity contribution in [2.24, 2.45) is 0 Å². The van der Waals surface area contributed by atoms with Crippen molar-refractivity contribution >= 4 is 16.9 Å². The summed E-state index contributed by atoms with van der Waals surface area (Å²) in [5.74, 6) is 0.105. The van der Waals surface area contributed by atoms with E-state index in [1.165, 1.54) is 18.5 Å². The largest absolute Gasteiger partial charge is 0.383 e. The highest BCUT2D eigenvalue weighted by Crippen LogP contribution is 2.21. The average Bonchev–Trinajstić information content (AvgIpc) is 2.74. The van der Waals surface area contributed by atoms with Crippen LogP contribution in [-0.2, 0) is 0 Å². The minimum absolute atomic E-state index is 0.276. The van der Waals surface area contributed by atoms with Gasteiger partial charge in [0.25, 0.3) is 0 Å². The fourth-order valence-corrected chi connectivity index (χ4v) is 1.90. The maximum absolute atomic E-state index is 13.1. The number of anilines is 1. The molecule has 18 heavy (non-hydrogen) atoms. The number of aromatic nitrogens is 4. The molecule has 2 heterocycles. The zero-order chi connectivity index (χ0) is 12.7. The molecule has 2 N–H and O–H groups in total. The van der Waals surface area contributed by atoms with Gasteiger partial charge in [0.15, 0.2) is 5.65 Å². The van der Waals surface area contributed by atoms with Crippen LogP contribution in [0, 0.1) is 12.7 Å². The zero-order valence-corrected chi connectivity index (χ0v) is 9.63. The van der Waals surface area contributed by atoms with E-state index in [4.69, 9.17) is 5.73 Å². The molecule has 0 fully saturated rings. The maximum Gasteiger partial charge on any atom is 0.168 e. The van der Waals surface area contributed by atoms with Gasteiger partial charge in [0.2, 0.25) is 0 Å². The van der Waals surface area contributed by atoms with Gasteiger partial charge in [0.05, 0.1) is 17.3 Å². The fraction of sp³-hybridized carbons (Fsp3) is 0.0833. The molecule has 0 saturated heterocycles. The Morgan fingerprint density at radius 3 is 2.89 bits per heavy atom. The molecule has 0 radical (unpaired) electrons. The molecule has 1 aromatic carbocycles. The van der Waals surface area contributed by atoms with Crippen LogP contribution in [0.25, 0.3) is 16.7 Å². The molecule has 6 heteroatoms. The van der Waals surface area contributed by atoms with E-state index in [9.17, 15) is 4.39 Å². The number of hydrogen-bond donors (Lipinski definition) is 1. The minimum Gasteiger partial charge on any atom is -0.383 e. The van der Waals surface area contributed by atoms with Gasteiger partial charge in [-0.2, -0.15) is 5.10 Å². The van der Waals surface area contributed by atoms with Crippen molar-refractivity contribution in [2.75, 3.05) is 5.73 Å². The number of rotatable bonds is 1. The first-order chi connectivity index (χ1) is 8.66. The van der Waals surface area contributed by atoms with Gasteiger partial charge in [-0.1, -0.05) is 0 Å². The molecule has 0 bridgehead atoms. The van der Waals surface area contributed by atoms with Crippen LogP contribution in [-0.4, -0.2) is 19.7 Å². The molecule has 0 aliphatic heterocycles. The van der Waals surface area contributed by atoms with Crippen molar-refractivity contribution in [1.82, 2.24) is 19.7 Å². The van der Waals surface area contributed by atoms with Crippen molar-refractivity contribution in [1.29, 1.82) is 0 Å². The van der Waals surface area contributed by atoms with Crippen molar-refractivity contribution < 1.29 is 4.39 Å². The van der Waals surface area contributed by atoms with Gasteiger partial charge in [-0.15, -0.1) is 0 Å². The van der Waals surface area contributed by atoms with E-state index in [0.717, 1.165) is 11.3 Å². The summed E-state index contributed by atoms with van der Waals surface area (Å²) in [5, 5.41) is 4.91. The van der Waals surface area contributed by atoms with Crippen LogP contribution in [0.2, 0.25) is 0 Å². The minimum atomic E-state index is -0.276. The third-order valence-corrected chi connectivity index (χ3v) is 2.78. The van der Waals surface area contributed by atoms with Crippen molar-refractivity contribution in [3.63, 3.8) is 0 Å². The Bertz CT molecular complexity index is 734. The zero-order valence-electron chi connectivity index (χ0n) is 9.63. The number of nitrogens with zero attached hydrogens (tertiary/aromatic N) is 4. The second kappa shape index (κ2) is 3.76. The Morgan fingerprint density at radius 1 is 1.28 bits per heavy atom. The monoisotopic (exact) mass is 243 g/mol. The van der Waals surface area contributed by atoms with E-state index in [1.807, 2.05) is 6.92 Å². The average molecular weight is 243 g/mol. The summed E-state index contributed by atoms with van der Waals surface area (Å²) in [6.45, 7) is 1.82. The molecule has 2 aromatic heterocycles. The smallest absolute Gasteiger partial charge is 0.168 e. The highest BCUT2D eigenvalue weighted by atomic mass is 19.1. The molecule has 0 unspecified atom stereocenters. The second-order valence-corrected chi connectivity index (χ2v) is 3.98.